The van der Waals surface area contributed by atoms with Crippen molar-refractivity contribution < 1.29 is 33.3 Å². The van der Waals surface area contributed by atoms with Gasteiger partial charge in [0.1, 0.15) is 0 Å². The number of hydrogen-bond donors (Lipinski definition) is 1. The highest BCUT2D eigenvalue weighted by Gasteiger charge is 2.25. The molecular weight excluding hydrogens is 570 g/mol. The summed E-state index contributed by atoms with van der Waals surface area (Å²) >= 11 is 1.27. The molecule has 0 aromatic rings. The van der Waals surface area contributed by atoms with E-state index >= 15 is 0 Å². The summed E-state index contributed by atoms with van der Waals surface area (Å²) in [5.74, 6) is 0.867. The van der Waals surface area contributed by atoms with Crippen molar-refractivity contribution in [2.75, 3.05) is 104 Å². The van der Waals surface area contributed by atoms with Crippen LogP contribution in [-0.4, -0.2) is 131 Å². The van der Waals surface area contributed by atoms with Crippen LogP contribution >= 0.6 is 11.8 Å². The number of amides is 2. The zero-order valence-corrected chi connectivity index (χ0v) is 29.4. The summed E-state index contributed by atoms with van der Waals surface area (Å²) in [5.41, 5.74) is 0.0647. The van der Waals surface area contributed by atoms with Gasteiger partial charge in [-0.25, -0.2) is 0 Å². The second kappa shape index (κ2) is 21.7. The Morgan fingerprint density at radius 3 is 1.77 bits per heavy atom. The van der Waals surface area contributed by atoms with Crippen LogP contribution in [0, 0.1) is 10.8 Å². The van der Waals surface area contributed by atoms with E-state index in [2.05, 4.69) is 65.6 Å². The number of carbonyl (C=O) groups excluding carboxylic acids is 2. The van der Waals surface area contributed by atoms with Crippen molar-refractivity contribution in [3.05, 3.63) is 0 Å². The van der Waals surface area contributed by atoms with E-state index in [1.54, 1.807) is 0 Å². The lowest BCUT2D eigenvalue weighted by Crippen LogP contribution is -2.49. The highest BCUT2D eigenvalue weighted by molar-refractivity contribution is 8.13. The van der Waals surface area contributed by atoms with Crippen LogP contribution < -0.4 is 5.32 Å². The molecule has 1 N–H and O–H groups in total. The molecule has 0 radical (unpaired) electrons. The second-order valence-corrected chi connectivity index (χ2v) is 15.1. The highest BCUT2D eigenvalue weighted by atomic mass is 32.2. The third-order valence-corrected chi connectivity index (χ3v) is 8.24. The van der Waals surface area contributed by atoms with Gasteiger partial charge in [0.2, 0.25) is 5.91 Å². The van der Waals surface area contributed by atoms with E-state index in [0.717, 1.165) is 52.2 Å². The summed E-state index contributed by atoms with van der Waals surface area (Å²) in [4.78, 5) is 29.4. The van der Waals surface area contributed by atoms with Gasteiger partial charge in [-0.15, -0.1) is 0 Å². The van der Waals surface area contributed by atoms with E-state index in [4.69, 9.17) is 23.7 Å². The van der Waals surface area contributed by atoms with Crippen molar-refractivity contribution in [2.45, 2.75) is 80.3 Å². The van der Waals surface area contributed by atoms with Crippen LogP contribution in [0.1, 0.15) is 74.7 Å². The van der Waals surface area contributed by atoms with Gasteiger partial charge in [-0.05, 0) is 44.4 Å². The molecule has 0 bridgehead atoms. The minimum absolute atomic E-state index is 0.0645. The second-order valence-electron chi connectivity index (χ2n) is 14.1. The Morgan fingerprint density at radius 2 is 1.23 bits per heavy atom. The first-order chi connectivity index (χ1) is 20.2. The monoisotopic (exact) mass is 633 g/mol. The standard InChI is InChI=1S/C32H63N3O7S/c1-30(2,3)11-18-38-21-23-40-25-26-41-24-22-39-19-12-33-29(37)43-27-32(7,8)10-9-28(36)35-15-13-34(14-16-35)17-20-42-31(4,5)6/h9-27H2,1-8H3,(H,33,37). The van der Waals surface area contributed by atoms with E-state index in [0.29, 0.717) is 77.0 Å². The fourth-order valence-corrected chi connectivity index (χ4v) is 4.93. The first kappa shape index (κ1) is 40.1. The van der Waals surface area contributed by atoms with Crippen LogP contribution in [0.5, 0.6) is 0 Å². The van der Waals surface area contributed by atoms with Crippen molar-refractivity contribution in [1.82, 2.24) is 15.1 Å². The number of ether oxygens (including phenoxy) is 5. The molecule has 1 aliphatic heterocycles. The lowest BCUT2D eigenvalue weighted by molar-refractivity contribution is -0.133. The Bertz CT molecular complexity index is 748. The van der Waals surface area contributed by atoms with E-state index in [1.165, 1.54) is 11.8 Å². The predicted molar refractivity (Wildman–Crippen MR) is 175 cm³/mol. The summed E-state index contributed by atoms with van der Waals surface area (Å²) in [5, 5.41) is 2.82. The van der Waals surface area contributed by atoms with Gasteiger partial charge in [-0.1, -0.05) is 46.4 Å². The van der Waals surface area contributed by atoms with E-state index < -0.39 is 0 Å². The molecule has 1 rings (SSSR count). The zero-order chi connectivity index (χ0) is 32.2. The Labute approximate surface area is 266 Å². The van der Waals surface area contributed by atoms with Crippen LogP contribution in [0.25, 0.3) is 0 Å². The molecule has 1 saturated heterocycles. The fourth-order valence-electron chi connectivity index (χ4n) is 4.05. The van der Waals surface area contributed by atoms with Crippen molar-refractivity contribution in [1.29, 1.82) is 0 Å². The molecule has 1 fully saturated rings. The number of piperazine rings is 1. The van der Waals surface area contributed by atoms with Gasteiger partial charge >= 0.3 is 0 Å². The lowest BCUT2D eigenvalue weighted by atomic mass is 9.90. The molecule has 1 aliphatic rings. The van der Waals surface area contributed by atoms with Crippen LogP contribution in [0.3, 0.4) is 0 Å². The number of thioether (sulfide) groups is 1. The molecule has 2 amide bonds. The summed E-state index contributed by atoms with van der Waals surface area (Å²) in [6.45, 7) is 26.8. The van der Waals surface area contributed by atoms with Gasteiger partial charge in [0.05, 0.1) is 58.5 Å². The smallest absolute Gasteiger partial charge is 0.279 e. The van der Waals surface area contributed by atoms with Crippen molar-refractivity contribution in [3.8, 4) is 0 Å². The molecule has 0 atom stereocenters. The Hall–Kier alpha value is -0.950. The predicted octanol–water partition coefficient (Wildman–Crippen LogP) is 4.70. The average molecular weight is 634 g/mol. The Morgan fingerprint density at radius 1 is 0.698 bits per heavy atom. The van der Waals surface area contributed by atoms with Gasteiger partial charge in [0.25, 0.3) is 5.24 Å². The molecule has 254 valence electrons. The maximum absolute atomic E-state index is 12.8. The quantitative estimate of drug-likeness (QED) is 0.170. The van der Waals surface area contributed by atoms with E-state index in [1.807, 2.05) is 4.90 Å². The van der Waals surface area contributed by atoms with Gasteiger partial charge in [0.15, 0.2) is 0 Å². The van der Waals surface area contributed by atoms with Crippen molar-refractivity contribution in [3.63, 3.8) is 0 Å². The maximum Gasteiger partial charge on any atom is 0.279 e. The molecule has 0 saturated carbocycles. The van der Waals surface area contributed by atoms with E-state index in [9.17, 15) is 9.59 Å². The maximum atomic E-state index is 12.8. The minimum atomic E-state index is -0.119. The fraction of sp³-hybridized carbons (Fsp3) is 0.938. The molecule has 0 aromatic heterocycles. The molecule has 11 heteroatoms. The van der Waals surface area contributed by atoms with Crippen LogP contribution in [0.4, 0.5) is 4.79 Å². The lowest BCUT2D eigenvalue weighted by Gasteiger charge is -2.35. The summed E-state index contributed by atoms with van der Waals surface area (Å²) in [6, 6.07) is 0. The molecule has 1 heterocycles. The number of carbonyl (C=O) groups is 2. The SMILES string of the molecule is CC(C)(C)CCOCCOCCOCCOCCNC(=O)SCC(C)(C)CCC(=O)N1CCN(CCOC(C)(C)C)CC1. The summed E-state index contributed by atoms with van der Waals surface area (Å²) in [7, 11) is 0. The van der Waals surface area contributed by atoms with Crippen molar-refractivity contribution >= 4 is 22.9 Å². The third kappa shape index (κ3) is 24.0. The van der Waals surface area contributed by atoms with Gasteiger partial charge in [0, 0.05) is 58.0 Å². The number of nitrogens with zero attached hydrogens (tertiary/aromatic N) is 2. The summed E-state index contributed by atoms with van der Waals surface area (Å²) < 4.78 is 27.9. The number of hydrogen-bond acceptors (Lipinski definition) is 9. The zero-order valence-electron chi connectivity index (χ0n) is 28.6. The molecule has 10 nitrogen and oxygen atoms in total. The highest BCUT2D eigenvalue weighted by Crippen LogP contribution is 2.28. The van der Waals surface area contributed by atoms with Crippen LogP contribution in [-0.2, 0) is 28.5 Å². The normalized spacial score (nSPS) is 15.2. The Kier molecular flexibility index (Phi) is 20.2. The molecule has 43 heavy (non-hydrogen) atoms. The minimum Gasteiger partial charge on any atom is -0.379 e. The third-order valence-electron chi connectivity index (χ3n) is 6.91. The van der Waals surface area contributed by atoms with Crippen molar-refractivity contribution in [2.24, 2.45) is 10.8 Å². The molecule has 0 unspecified atom stereocenters. The number of rotatable bonds is 22. The molecule has 0 spiro atoms. The first-order valence-electron chi connectivity index (χ1n) is 16.0. The van der Waals surface area contributed by atoms with Gasteiger partial charge in [-0.2, -0.15) is 0 Å². The molecule has 0 aliphatic carbocycles. The van der Waals surface area contributed by atoms with E-state index in [-0.39, 0.29) is 22.2 Å². The average Bonchev–Trinajstić information content (AvgIpc) is 2.92. The van der Waals surface area contributed by atoms with Gasteiger partial charge in [-0.3, -0.25) is 14.5 Å². The molecular formula is C32H63N3O7S. The Balaban J connectivity index is 1.98. The number of nitrogens with one attached hydrogen (secondary N) is 1. The van der Waals surface area contributed by atoms with Crippen LogP contribution in [0.15, 0.2) is 0 Å². The largest absolute Gasteiger partial charge is 0.379 e. The first-order valence-corrected chi connectivity index (χ1v) is 17.0. The summed E-state index contributed by atoms with van der Waals surface area (Å²) in [6.07, 6.45) is 2.30. The van der Waals surface area contributed by atoms with Crippen LogP contribution in [0.2, 0.25) is 0 Å². The van der Waals surface area contributed by atoms with Gasteiger partial charge < -0.3 is 33.9 Å². The topological polar surface area (TPSA) is 98.8 Å². The molecule has 0 aromatic carbocycles.